The molecule has 0 aliphatic carbocycles. The number of rotatable bonds is 9. The van der Waals surface area contributed by atoms with Gasteiger partial charge in [-0.1, -0.05) is 0 Å². The Balaban J connectivity index is 1.94. The van der Waals surface area contributed by atoms with Gasteiger partial charge in [0.25, 0.3) is 11.8 Å². The minimum Gasteiger partial charge on any atom is -0.382 e. The monoisotopic (exact) mass is 243 g/mol. The molecule has 0 unspecified atom stereocenters. The number of carbonyl (C=O) groups excluding carboxylic acids is 2. The van der Waals surface area contributed by atoms with Crippen LogP contribution < -0.4 is 0 Å². The SMILES string of the molecule is COCCOCCOCCN1C(=O)C=CC1=O. The minimum absolute atomic E-state index is 0.280. The van der Waals surface area contributed by atoms with Crippen LogP contribution in [-0.2, 0) is 23.8 Å². The second kappa shape index (κ2) is 7.94. The van der Waals surface area contributed by atoms with Crippen LogP contribution in [0.1, 0.15) is 0 Å². The average molecular weight is 243 g/mol. The van der Waals surface area contributed by atoms with E-state index in [0.29, 0.717) is 33.0 Å². The Morgan fingerprint density at radius 1 is 0.941 bits per heavy atom. The summed E-state index contributed by atoms with van der Waals surface area (Å²) in [6, 6.07) is 0. The Labute approximate surface area is 100 Å². The third-order valence-corrected chi connectivity index (χ3v) is 2.16. The number of hydrogen-bond donors (Lipinski definition) is 0. The summed E-state index contributed by atoms with van der Waals surface area (Å²) in [5.41, 5.74) is 0. The molecule has 0 fully saturated rings. The van der Waals surface area contributed by atoms with Gasteiger partial charge >= 0.3 is 0 Å². The quantitative estimate of drug-likeness (QED) is 0.407. The van der Waals surface area contributed by atoms with Crippen molar-refractivity contribution in [3.05, 3.63) is 12.2 Å². The summed E-state index contributed by atoms with van der Waals surface area (Å²) >= 11 is 0. The van der Waals surface area contributed by atoms with Gasteiger partial charge in [-0.25, -0.2) is 0 Å². The van der Waals surface area contributed by atoms with E-state index in [2.05, 4.69) is 0 Å². The molecule has 0 spiro atoms. The molecule has 6 nitrogen and oxygen atoms in total. The maximum absolute atomic E-state index is 11.1. The van der Waals surface area contributed by atoms with Crippen LogP contribution in [-0.4, -0.2) is 63.4 Å². The van der Waals surface area contributed by atoms with Crippen LogP contribution in [0.3, 0.4) is 0 Å². The number of amides is 2. The van der Waals surface area contributed by atoms with Crippen molar-refractivity contribution in [1.29, 1.82) is 0 Å². The molecular weight excluding hydrogens is 226 g/mol. The maximum Gasteiger partial charge on any atom is 0.253 e. The highest BCUT2D eigenvalue weighted by atomic mass is 16.5. The van der Waals surface area contributed by atoms with E-state index < -0.39 is 0 Å². The highest BCUT2D eigenvalue weighted by Gasteiger charge is 2.22. The van der Waals surface area contributed by atoms with Crippen molar-refractivity contribution >= 4 is 11.8 Å². The van der Waals surface area contributed by atoms with E-state index in [4.69, 9.17) is 14.2 Å². The van der Waals surface area contributed by atoms with Crippen LogP contribution in [0.2, 0.25) is 0 Å². The molecule has 0 aromatic heterocycles. The second-order valence-electron chi connectivity index (χ2n) is 3.38. The first-order valence-electron chi connectivity index (χ1n) is 5.43. The number of hydrogen-bond acceptors (Lipinski definition) is 5. The van der Waals surface area contributed by atoms with Crippen molar-refractivity contribution in [1.82, 2.24) is 4.90 Å². The summed E-state index contributed by atoms with van der Waals surface area (Å²) < 4.78 is 15.2. The summed E-state index contributed by atoms with van der Waals surface area (Å²) in [6.07, 6.45) is 2.52. The van der Waals surface area contributed by atoms with E-state index in [1.54, 1.807) is 7.11 Å². The lowest BCUT2D eigenvalue weighted by Gasteiger charge is -2.13. The van der Waals surface area contributed by atoms with Crippen molar-refractivity contribution in [3.63, 3.8) is 0 Å². The van der Waals surface area contributed by atoms with E-state index in [9.17, 15) is 9.59 Å². The molecule has 0 atom stereocenters. The van der Waals surface area contributed by atoms with E-state index in [0.717, 1.165) is 4.90 Å². The van der Waals surface area contributed by atoms with Crippen LogP contribution in [0.4, 0.5) is 0 Å². The average Bonchev–Trinajstić information content (AvgIpc) is 2.63. The van der Waals surface area contributed by atoms with Gasteiger partial charge in [0.05, 0.1) is 39.6 Å². The van der Waals surface area contributed by atoms with E-state index >= 15 is 0 Å². The third kappa shape index (κ3) is 5.08. The first kappa shape index (κ1) is 13.8. The minimum atomic E-state index is -0.282. The number of nitrogens with zero attached hydrogens (tertiary/aromatic N) is 1. The molecule has 0 N–H and O–H groups in total. The van der Waals surface area contributed by atoms with Gasteiger partial charge in [0, 0.05) is 19.3 Å². The number of ether oxygens (including phenoxy) is 3. The van der Waals surface area contributed by atoms with Gasteiger partial charge in [-0.3, -0.25) is 14.5 Å². The maximum atomic E-state index is 11.1. The zero-order chi connectivity index (χ0) is 12.5. The topological polar surface area (TPSA) is 65.1 Å². The largest absolute Gasteiger partial charge is 0.382 e. The lowest BCUT2D eigenvalue weighted by atomic mass is 10.5. The van der Waals surface area contributed by atoms with Crippen molar-refractivity contribution < 1.29 is 23.8 Å². The first-order valence-corrected chi connectivity index (χ1v) is 5.43. The van der Waals surface area contributed by atoms with Gasteiger partial charge in [0.2, 0.25) is 0 Å². The molecule has 0 saturated heterocycles. The van der Waals surface area contributed by atoms with Crippen LogP contribution in [0.15, 0.2) is 12.2 Å². The predicted molar refractivity (Wildman–Crippen MR) is 59.4 cm³/mol. The standard InChI is InChI=1S/C11H17NO5/c1-15-6-7-17-9-8-16-5-4-12-10(13)2-3-11(12)14/h2-3H,4-9H2,1H3. The molecule has 96 valence electrons. The van der Waals surface area contributed by atoms with Gasteiger partial charge < -0.3 is 14.2 Å². The van der Waals surface area contributed by atoms with Crippen LogP contribution >= 0.6 is 0 Å². The summed E-state index contributed by atoms with van der Waals surface area (Å²) in [5, 5.41) is 0. The molecule has 0 bridgehead atoms. The van der Waals surface area contributed by atoms with E-state index in [1.165, 1.54) is 12.2 Å². The molecule has 0 aromatic carbocycles. The molecule has 1 rings (SSSR count). The molecule has 17 heavy (non-hydrogen) atoms. The molecular formula is C11H17NO5. The first-order chi connectivity index (χ1) is 8.25. The number of carbonyl (C=O) groups is 2. The van der Waals surface area contributed by atoms with Gasteiger partial charge in [-0.2, -0.15) is 0 Å². The van der Waals surface area contributed by atoms with Crippen molar-refractivity contribution in [2.24, 2.45) is 0 Å². The Hall–Kier alpha value is -1.24. The lowest BCUT2D eigenvalue weighted by molar-refractivity contribution is -0.137. The molecule has 1 aliphatic rings. The Morgan fingerprint density at radius 2 is 1.47 bits per heavy atom. The summed E-state index contributed by atoms with van der Waals surface area (Å²) in [7, 11) is 1.61. The van der Waals surface area contributed by atoms with Gasteiger partial charge in [0.1, 0.15) is 0 Å². The summed E-state index contributed by atoms with van der Waals surface area (Å²) in [4.78, 5) is 23.4. The fourth-order valence-corrected chi connectivity index (χ4v) is 1.27. The fraction of sp³-hybridized carbons (Fsp3) is 0.636. The smallest absolute Gasteiger partial charge is 0.253 e. The highest BCUT2D eigenvalue weighted by Crippen LogP contribution is 2.02. The summed E-state index contributed by atoms with van der Waals surface area (Å²) in [5.74, 6) is -0.565. The lowest BCUT2D eigenvalue weighted by Crippen LogP contribution is -2.33. The molecule has 2 amide bonds. The Kier molecular flexibility index (Phi) is 6.46. The Morgan fingerprint density at radius 3 is 2.06 bits per heavy atom. The van der Waals surface area contributed by atoms with Crippen LogP contribution in [0, 0.1) is 0 Å². The van der Waals surface area contributed by atoms with E-state index in [1.807, 2.05) is 0 Å². The van der Waals surface area contributed by atoms with Crippen molar-refractivity contribution in [2.45, 2.75) is 0 Å². The highest BCUT2D eigenvalue weighted by molar-refractivity contribution is 6.12. The Bertz CT molecular complexity index is 272. The molecule has 0 aromatic rings. The molecule has 6 heteroatoms. The van der Waals surface area contributed by atoms with Crippen molar-refractivity contribution in [3.8, 4) is 0 Å². The van der Waals surface area contributed by atoms with Gasteiger partial charge in [0.15, 0.2) is 0 Å². The molecule has 1 heterocycles. The zero-order valence-electron chi connectivity index (χ0n) is 9.89. The second-order valence-corrected chi connectivity index (χ2v) is 3.38. The number of methoxy groups -OCH3 is 1. The summed E-state index contributed by atoms with van der Waals surface area (Å²) in [6.45, 7) is 2.61. The third-order valence-electron chi connectivity index (χ3n) is 2.16. The van der Waals surface area contributed by atoms with Crippen LogP contribution in [0.25, 0.3) is 0 Å². The molecule has 1 aliphatic heterocycles. The fourth-order valence-electron chi connectivity index (χ4n) is 1.27. The van der Waals surface area contributed by atoms with E-state index in [-0.39, 0.29) is 18.4 Å². The molecule has 0 radical (unpaired) electrons. The van der Waals surface area contributed by atoms with Gasteiger partial charge in [-0.15, -0.1) is 0 Å². The van der Waals surface area contributed by atoms with Crippen molar-refractivity contribution in [2.75, 3.05) is 46.7 Å². The number of imide groups is 1. The zero-order valence-corrected chi connectivity index (χ0v) is 9.89. The predicted octanol–water partition coefficient (Wildman–Crippen LogP) is -0.409. The normalized spacial score (nSPS) is 15.0. The van der Waals surface area contributed by atoms with Crippen LogP contribution in [0.5, 0.6) is 0 Å². The molecule has 0 saturated carbocycles. The van der Waals surface area contributed by atoms with Gasteiger partial charge in [-0.05, 0) is 0 Å².